The van der Waals surface area contributed by atoms with Gasteiger partial charge in [0.25, 0.3) is 0 Å². The molecule has 0 amide bonds. The number of ether oxygens (including phenoxy) is 1. The third kappa shape index (κ3) is 4.99. The molecule has 0 aromatic carbocycles. The van der Waals surface area contributed by atoms with E-state index >= 15 is 0 Å². The topological polar surface area (TPSA) is 61.0 Å². The van der Waals surface area contributed by atoms with Gasteiger partial charge in [0, 0.05) is 24.8 Å². The van der Waals surface area contributed by atoms with Crippen LogP contribution in [0.1, 0.15) is 19.8 Å². The summed E-state index contributed by atoms with van der Waals surface area (Å²) in [5.41, 5.74) is 5.65. The van der Waals surface area contributed by atoms with Gasteiger partial charge in [0.05, 0.1) is 6.61 Å². The van der Waals surface area contributed by atoms with Gasteiger partial charge in [0.15, 0.2) is 5.82 Å². The van der Waals surface area contributed by atoms with Crippen LogP contribution in [0.15, 0.2) is 17.4 Å². The maximum Gasteiger partial charge on any atom is 0.156 e. The van der Waals surface area contributed by atoms with Crippen LogP contribution >= 0.6 is 11.8 Å². The second-order valence-electron chi connectivity index (χ2n) is 3.06. The van der Waals surface area contributed by atoms with Crippen molar-refractivity contribution in [2.75, 3.05) is 24.7 Å². The Morgan fingerprint density at radius 1 is 1.33 bits per heavy atom. The molecular weight excluding hydrogens is 210 g/mol. The fourth-order valence-electron chi connectivity index (χ4n) is 0.993. The van der Waals surface area contributed by atoms with Crippen LogP contribution in [0.25, 0.3) is 0 Å². The van der Waals surface area contributed by atoms with Crippen LogP contribution in [-0.2, 0) is 4.74 Å². The molecule has 15 heavy (non-hydrogen) atoms. The van der Waals surface area contributed by atoms with Crippen LogP contribution in [-0.4, -0.2) is 28.9 Å². The summed E-state index contributed by atoms with van der Waals surface area (Å²) in [6.07, 6.45) is 5.54. The molecule has 0 spiro atoms. The molecule has 0 aliphatic carbocycles. The molecule has 1 aromatic heterocycles. The highest BCUT2D eigenvalue weighted by Crippen LogP contribution is 2.18. The van der Waals surface area contributed by atoms with Gasteiger partial charge in [-0.05, 0) is 6.42 Å². The molecule has 1 heterocycles. The van der Waals surface area contributed by atoms with E-state index in [-0.39, 0.29) is 0 Å². The van der Waals surface area contributed by atoms with Crippen molar-refractivity contribution in [1.29, 1.82) is 0 Å². The van der Waals surface area contributed by atoms with Crippen LogP contribution < -0.4 is 5.73 Å². The average Bonchev–Trinajstić information content (AvgIpc) is 2.25. The van der Waals surface area contributed by atoms with E-state index in [2.05, 4.69) is 16.9 Å². The number of nitrogens with two attached hydrogens (primary N) is 1. The van der Waals surface area contributed by atoms with Crippen molar-refractivity contribution in [2.45, 2.75) is 24.8 Å². The van der Waals surface area contributed by atoms with E-state index in [1.54, 1.807) is 24.2 Å². The Kier molecular flexibility index (Phi) is 6.11. The lowest BCUT2D eigenvalue weighted by molar-refractivity contribution is 0.147. The maximum absolute atomic E-state index is 5.65. The van der Waals surface area contributed by atoms with Gasteiger partial charge in [-0.3, -0.25) is 0 Å². The minimum atomic E-state index is 0.496. The standard InChI is InChI=1S/C10H17N3OS/c1-2-3-6-14-7-8-15-10-9(11)12-4-5-13-10/h4-5H,2-3,6-8H2,1H3,(H2,11,12). The summed E-state index contributed by atoms with van der Waals surface area (Å²) < 4.78 is 5.43. The maximum atomic E-state index is 5.65. The van der Waals surface area contributed by atoms with Crippen molar-refractivity contribution in [3.05, 3.63) is 12.4 Å². The third-order valence-electron chi connectivity index (χ3n) is 1.80. The molecule has 0 saturated heterocycles. The van der Waals surface area contributed by atoms with Crippen LogP contribution in [0.4, 0.5) is 5.82 Å². The molecular formula is C10H17N3OS. The Hall–Kier alpha value is -0.810. The Morgan fingerprint density at radius 2 is 2.13 bits per heavy atom. The first-order chi connectivity index (χ1) is 7.34. The quantitative estimate of drug-likeness (QED) is 0.570. The summed E-state index contributed by atoms with van der Waals surface area (Å²) in [5.74, 6) is 1.36. The fourth-order valence-corrected chi connectivity index (χ4v) is 1.72. The van der Waals surface area contributed by atoms with Crippen molar-refractivity contribution in [3.63, 3.8) is 0 Å². The summed E-state index contributed by atoms with van der Waals surface area (Å²) >= 11 is 1.58. The molecule has 0 fully saturated rings. The number of hydrogen-bond acceptors (Lipinski definition) is 5. The minimum Gasteiger partial charge on any atom is -0.381 e. The van der Waals surface area contributed by atoms with Gasteiger partial charge in [0.2, 0.25) is 0 Å². The van der Waals surface area contributed by atoms with Gasteiger partial charge >= 0.3 is 0 Å². The van der Waals surface area contributed by atoms with Gasteiger partial charge < -0.3 is 10.5 Å². The Balaban J connectivity index is 2.12. The van der Waals surface area contributed by atoms with E-state index in [9.17, 15) is 0 Å². The molecule has 0 bridgehead atoms. The van der Waals surface area contributed by atoms with Crippen molar-refractivity contribution in [1.82, 2.24) is 9.97 Å². The third-order valence-corrected chi connectivity index (χ3v) is 2.76. The van der Waals surface area contributed by atoms with E-state index in [0.29, 0.717) is 5.82 Å². The van der Waals surface area contributed by atoms with E-state index < -0.39 is 0 Å². The fraction of sp³-hybridized carbons (Fsp3) is 0.600. The Labute approximate surface area is 94.6 Å². The zero-order valence-corrected chi connectivity index (χ0v) is 9.80. The normalized spacial score (nSPS) is 10.5. The average molecular weight is 227 g/mol. The first-order valence-corrected chi connectivity index (χ1v) is 6.10. The Morgan fingerprint density at radius 3 is 2.87 bits per heavy atom. The van der Waals surface area contributed by atoms with Crippen LogP contribution in [0.2, 0.25) is 0 Å². The lowest BCUT2D eigenvalue weighted by Crippen LogP contribution is -2.01. The predicted octanol–water partition coefficient (Wildman–Crippen LogP) is 1.97. The molecule has 5 heteroatoms. The summed E-state index contributed by atoms with van der Waals surface area (Å²) in [5, 5.41) is 0.789. The largest absolute Gasteiger partial charge is 0.381 e. The molecule has 84 valence electrons. The molecule has 0 radical (unpaired) electrons. The first kappa shape index (κ1) is 12.3. The molecule has 0 aliphatic heterocycles. The second kappa shape index (κ2) is 7.48. The monoisotopic (exact) mass is 227 g/mol. The van der Waals surface area contributed by atoms with Crippen molar-refractivity contribution in [2.24, 2.45) is 0 Å². The highest BCUT2D eigenvalue weighted by Gasteiger charge is 2.00. The van der Waals surface area contributed by atoms with E-state index in [1.165, 1.54) is 6.42 Å². The van der Waals surface area contributed by atoms with Gasteiger partial charge in [-0.1, -0.05) is 13.3 Å². The highest BCUT2D eigenvalue weighted by molar-refractivity contribution is 7.99. The van der Waals surface area contributed by atoms with E-state index in [0.717, 1.165) is 30.4 Å². The SMILES string of the molecule is CCCCOCCSc1nccnc1N. The molecule has 0 unspecified atom stereocenters. The smallest absolute Gasteiger partial charge is 0.156 e. The van der Waals surface area contributed by atoms with Crippen molar-refractivity contribution >= 4 is 17.6 Å². The molecule has 0 aliphatic rings. The molecule has 0 saturated carbocycles. The second-order valence-corrected chi connectivity index (χ2v) is 4.14. The number of aromatic nitrogens is 2. The van der Waals surface area contributed by atoms with E-state index in [1.807, 2.05) is 0 Å². The highest BCUT2D eigenvalue weighted by atomic mass is 32.2. The lowest BCUT2D eigenvalue weighted by atomic mass is 10.4. The first-order valence-electron chi connectivity index (χ1n) is 5.11. The number of nitrogens with zero attached hydrogens (tertiary/aromatic N) is 2. The molecule has 1 aromatic rings. The van der Waals surface area contributed by atoms with Crippen molar-refractivity contribution < 1.29 is 4.74 Å². The van der Waals surface area contributed by atoms with Crippen molar-refractivity contribution in [3.8, 4) is 0 Å². The summed E-state index contributed by atoms with van der Waals surface area (Å²) in [7, 11) is 0. The summed E-state index contributed by atoms with van der Waals surface area (Å²) in [4.78, 5) is 8.09. The van der Waals surface area contributed by atoms with Gasteiger partial charge in [-0.2, -0.15) is 0 Å². The molecule has 4 nitrogen and oxygen atoms in total. The summed E-state index contributed by atoms with van der Waals surface area (Å²) in [6, 6.07) is 0. The minimum absolute atomic E-state index is 0.496. The van der Waals surface area contributed by atoms with E-state index in [4.69, 9.17) is 10.5 Å². The predicted molar refractivity (Wildman–Crippen MR) is 62.9 cm³/mol. The number of nitrogen functional groups attached to an aromatic ring is 1. The number of rotatable bonds is 7. The zero-order valence-electron chi connectivity index (χ0n) is 8.98. The zero-order chi connectivity index (χ0) is 10.9. The number of anilines is 1. The number of thioether (sulfide) groups is 1. The van der Waals surface area contributed by atoms with Crippen LogP contribution in [0, 0.1) is 0 Å². The lowest BCUT2D eigenvalue weighted by Gasteiger charge is -2.03. The van der Waals surface area contributed by atoms with Crippen LogP contribution in [0.5, 0.6) is 0 Å². The van der Waals surface area contributed by atoms with Gasteiger partial charge in [0.1, 0.15) is 5.03 Å². The number of hydrogen-bond donors (Lipinski definition) is 1. The van der Waals surface area contributed by atoms with Gasteiger partial charge in [-0.25, -0.2) is 9.97 Å². The Bertz CT molecular complexity index is 283. The number of unbranched alkanes of at least 4 members (excludes halogenated alkanes) is 1. The molecule has 0 atom stereocenters. The van der Waals surface area contributed by atoms with Crippen LogP contribution in [0.3, 0.4) is 0 Å². The van der Waals surface area contributed by atoms with Gasteiger partial charge in [-0.15, -0.1) is 11.8 Å². The molecule has 2 N–H and O–H groups in total. The summed E-state index contributed by atoms with van der Waals surface area (Å²) in [6.45, 7) is 3.73. The molecule has 1 rings (SSSR count).